The Morgan fingerprint density at radius 2 is 1.27 bits per heavy atom. The van der Waals surface area contributed by atoms with Crippen LogP contribution in [0, 0.1) is 40.4 Å². The first-order valence-electron chi connectivity index (χ1n) is 13.6. The number of aryl methyl sites for hydroxylation is 5. The zero-order chi connectivity index (χ0) is 33.3. The highest BCUT2D eigenvalue weighted by Crippen LogP contribution is 2.31. The Kier molecular flexibility index (Phi) is 10.1. The van der Waals surface area contributed by atoms with Gasteiger partial charge in [-0.3, -0.25) is 0 Å². The van der Waals surface area contributed by atoms with Crippen LogP contribution in [0.5, 0.6) is 0 Å². The van der Waals surface area contributed by atoms with Crippen LogP contribution in [-0.2, 0) is 20.0 Å². The summed E-state index contributed by atoms with van der Waals surface area (Å²) in [5.41, 5.74) is 4.83. The van der Waals surface area contributed by atoms with Crippen LogP contribution >= 0.6 is 23.2 Å². The molecule has 0 aliphatic carbocycles. The molecule has 1 aromatic heterocycles. The fourth-order valence-electron chi connectivity index (χ4n) is 4.35. The number of nitrogens with one attached hydrogen (secondary N) is 1. The van der Waals surface area contributed by atoms with E-state index < -0.39 is 25.9 Å². The Morgan fingerprint density at radius 1 is 0.756 bits per heavy atom. The summed E-state index contributed by atoms with van der Waals surface area (Å²) in [6.07, 6.45) is 0. The minimum atomic E-state index is -3.82. The van der Waals surface area contributed by atoms with Gasteiger partial charge in [0, 0.05) is 5.39 Å². The van der Waals surface area contributed by atoms with Gasteiger partial charge in [0.2, 0.25) is 0 Å². The third-order valence-electron chi connectivity index (χ3n) is 6.98. The summed E-state index contributed by atoms with van der Waals surface area (Å²) >= 11 is 12.4. The minimum absolute atomic E-state index is 0.0791. The molecule has 0 fully saturated rings. The molecule has 13 heteroatoms. The van der Waals surface area contributed by atoms with E-state index in [1.807, 2.05) is 20.8 Å². The molecule has 0 saturated heterocycles. The third kappa shape index (κ3) is 7.22. The van der Waals surface area contributed by atoms with E-state index >= 15 is 0 Å². The van der Waals surface area contributed by atoms with Crippen molar-refractivity contribution in [3.8, 4) is 0 Å². The van der Waals surface area contributed by atoms with Crippen molar-refractivity contribution in [2.24, 2.45) is 5.10 Å². The predicted molar refractivity (Wildman–Crippen MR) is 178 cm³/mol. The second kappa shape index (κ2) is 13.3. The lowest BCUT2D eigenvalue weighted by atomic mass is 10.1. The molecule has 0 aliphatic heterocycles. The Labute approximate surface area is 272 Å². The highest BCUT2D eigenvalue weighted by molar-refractivity contribution is 7.90. The van der Waals surface area contributed by atoms with Crippen molar-refractivity contribution >= 4 is 59.9 Å². The zero-order valence-corrected chi connectivity index (χ0v) is 28.5. The predicted octanol–water partition coefficient (Wildman–Crippen LogP) is 7.65. The van der Waals surface area contributed by atoms with Gasteiger partial charge >= 0.3 is 0 Å². The first kappa shape index (κ1) is 34.1. The van der Waals surface area contributed by atoms with Crippen LogP contribution in [0.3, 0.4) is 0 Å². The van der Waals surface area contributed by atoms with Gasteiger partial charge < -0.3 is 0 Å². The number of fused-ring (bicyclic) bond motifs is 1. The average molecular weight is 690 g/mol. The van der Waals surface area contributed by atoms with Crippen molar-refractivity contribution in [1.82, 2.24) is 14.0 Å². The van der Waals surface area contributed by atoms with E-state index in [1.165, 1.54) is 25.1 Å². The average Bonchev–Trinajstić information content (AvgIpc) is 3.34. The molecule has 0 radical (unpaired) electrons. The maximum absolute atomic E-state index is 13.9. The monoisotopic (exact) mass is 688 g/mol. The second-order valence-corrected chi connectivity index (χ2v) is 14.7. The normalized spacial score (nSPS) is 12.2. The molecule has 5 aromatic rings. The number of hydrogen-bond acceptors (Lipinski definition) is 6. The second-order valence-electron chi connectivity index (χ2n) is 10.5. The molecule has 8 nitrogen and oxygen atoms in total. The third-order valence-corrected chi connectivity index (χ3v) is 10.8. The molecular formula is C32H31Cl2FN4O4S2. The first-order valence-corrected chi connectivity index (χ1v) is 17.3. The van der Waals surface area contributed by atoms with Crippen LogP contribution < -0.4 is 4.83 Å². The summed E-state index contributed by atoms with van der Waals surface area (Å²) in [6, 6.07) is 19.4. The van der Waals surface area contributed by atoms with Gasteiger partial charge in [-0.1, -0.05) is 70.7 Å². The summed E-state index contributed by atoms with van der Waals surface area (Å²) in [6.45, 7) is 10.6. The van der Waals surface area contributed by atoms with Gasteiger partial charge in [-0.15, -0.1) is 0 Å². The Hall–Kier alpha value is -3.77. The van der Waals surface area contributed by atoms with Gasteiger partial charge in [0.25, 0.3) is 20.0 Å². The molecule has 0 bridgehead atoms. The van der Waals surface area contributed by atoms with Crippen molar-refractivity contribution in [2.75, 3.05) is 0 Å². The molecule has 5 rings (SSSR count). The molecule has 4 aromatic carbocycles. The number of nitrogens with zero attached hydrogens (tertiary/aromatic N) is 3. The molecule has 0 unspecified atom stereocenters. The van der Waals surface area contributed by atoms with E-state index in [0.717, 1.165) is 20.8 Å². The number of benzene rings is 4. The smallest absolute Gasteiger partial charge is 0.206 e. The SMILES string of the molecule is CC(=NNS(=O)(=O)c1ccc(C)cc1)c1c(F)ccc(C)c1Cl.Cc1ccc(S(=O)(=O)n2nc(C)c3c(Cl)c(C)ccc32)cc1. The van der Waals surface area contributed by atoms with Crippen molar-refractivity contribution < 1.29 is 21.2 Å². The van der Waals surface area contributed by atoms with E-state index in [4.69, 9.17) is 23.2 Å². The van der Waals surface area contributed by atoms with Gasteiger partial charge in [-0.05, 0) is 89.1 Å². The molecule has 0 atom stereocenters. The standard InChI is InChI=1S/C16H16ClFN2O2S.C16H15ClN2O2S/c1-10-4-7-13(8-5-10)23(21,22)20-19-12(3)15-14(18)9-6-11(2)16(15)17;1-10-4-7-13(8-5-10)22(20,21)19-14-9-6-11(2)16(17)15(14)12(3)18-19/h4-9,20H,1-3H3;4-9H,1-3H3. The number of halogens is 3. The molecule has 45 heavy (non-hydrogen) atoms. The summed E-state index contributed by atoms with van der Waals surface area (Å²) in [5, 5.41) is 9.42. The number of hydrogen-bond donors (Lipinski definition) is 1. The summed E-state index contributed by atoms with van der Waals surface area (Å²) in [7, 11) is -7.56. The molecule has 0 amide bonds. The molecule has 1 heterocycles. The number of rotatable bonds is 6. The highest BCUT2D eigenvalue weighted by atomic mass is 35.5. The van der Waals surface area contributed by atoms with Crippen LogP contribution in [0.15, 0.2) is 87.7 Å². The summed E-state index contributed by atoms with van der Waals surface area (Å²) in [5.74, 6) is -0.559. The lowest BCUT2D eigenvalue weighted by Crippen LogP contribution is -2.20. The van der Waals surface area contributed by atoms with Gasteiger partial charge in [0.15, 0.2) is 0 Å². The Bertz CT molecular complexity index is 2150. The van der Waals surface area contributed by atoms with E-state index in [2.05, 4.69) is 15.0 Å². The Morgan fingerprint density at radius 3 is 1.84 bits per heavy atom. The zero-order valence-electron chi connectivity index (χ0n) is 25.4. The number of sulfonamides is 1. The molecular weight excluding hydrogens is 658 g/mol. The van der Waals surface area contributed by atoms with Crippen molar-refractivity contribution in [3.05, 3.63) is 122 Å². The molecule has 0 aliphatic rings. The van der Waals surface area contributed by atoms with Crippen LogP contribution in [-0.4, -0.2) is 31.7 Å². The maximum Gasteiger partial charge on any atom is 0.283 e. The fraction of sp³-hybridized carbons (Fsp3) is 0.188. The highest BCUT2D eigenvalue weighted by Gasteiger charge is 2.23. The first-order chi connectivity index (χ1) is 21.0. The fourth-order valence-corrected chi connectivity index (χ4v) is 7.11. The van der Waals surface area contributed by atoms with E-state index in [9.17, 15) is 21.2 Å². The van der Waals surface area contributed by atoms with E-state index in [0.29, 0.717) is 27.2 Å². The summed E-state index contributed by atoms with van der Waals surface area (Å²) < 4.78 is 65.0. The van der Waals surface area contributed by atoms with Crippen molar-refractivity contribution in [1.29, 1.82) is 0 Å². The molecule has 1 N–H and O–H groups in total. The lowest BCUT2D eigenvalue weighted by molar-refractivity contribution is 0.581. The van der Waals surface area contributed by atoms with Crippen LogP contribution in [0.1, 0.15) is 40.4 Å². The van der Waals surface area contributed by atoms with Crippen molar-refractivity contribution in [2.45, 2.75) is 51.3 Å². The van der Waals surface area contributed by atoms with Crippen LogP contribution in [0.2, 0.25) is 10.0 Å². The van der Waals surface area contributed by atoms with Crippen molar-refractivity contribution in [3.63, 3.8) is 0 Å². The van der Waals surface area contributed by atoms with Gasteiger partial charge in [-0.25, -0.2) is 4.39 Å². The topological polar surface area (TPSA) is 110 Å². The molecule has 0 spiro atoms. The van der Waals surface area contributed by atoms with E-state index in [1.54, 1.807) is 68.4 Å². The number of hydrazone groups is 1. The maximum atomic E-state index is 13.9. The minimum Gasteiger partial charge on any atom is -0.206 e. The van der Waals surface area contributed by atoms with Crippen LogP contribution in [0.4, 0.5) is 4.39 Å². The summed E-state index contributed by atoms with van der Waals surface area (Å²) in [4.78, 5) is 2.39. The van der Waals surface area contributed by atoms with Crippen LogP contribution in [0.25, 0.3) is 10.9 Å². The van der Waals surface area contributed by atoms with E-state index in [-0.39, 0.29) is 26.1 Å². The lowest BCUT2D eigenvalue weighted by Gasteiger charge is -2.09. The van der Waals surface area contributed by atoms with Gasteiger partial charge in [-0.2, -0.15) is 36.0 Å². The molecule has 0 saturated carbocycles. The Balaban J connectivity index is 0.000000205. The van der Waals surface area contributed by atoms with Gasteiger partial charge in [0.05, 0.1) is 42.3 Å². The van der Waals surface area contributed by atoms with Gasteiger partial charge in [0.1, 0.15) is 5.82 Å². The quantitative estimate of drug-likeness (QED) is 0.146. The molecule has 236 valence electrons. The number of aromatic nitrogens is 2. The largest absolute Gasteiger partial charge is 0.283 e.